The smallest absolute Gasteiger partial charge is 0.303 e. The van der Waals surface area contributed by atoms with E-state index in [4.69, 9.17) is 11.6 Å². The average molecular weight is 503 g/mol. The Labute approximate surface area is 210 Å². The number of aryl methyl sites for hydroxylation is 1. The zero-order valence-electron chi connectivity index (χ0n) is 19.1. The molecule has 0 unspecified atom stereocenters. The minimum Gasteiger partial charge on any atom is -0.303 e. The molecule has 0 radical (unpaired) electrons. The molecule has 2 heterocycles. The van der Waals surface area contributed by atoms with Crippen LogP contribution in [-0.2, 0) is 11.3 Å². The van der Waals surface area contributed by atoms with Crippen LogP contribution >= 0.6 is 11.6 Å². The van der Waals surface area contributed by atoms with Gasteiger partial charge in [0.05, 0.1) is 23.5 Å². The number of carbonyl (C=O) groups excluding carboxylic acids is 2. The van der Waals surface area contributed by atoms with E-state index in [9.17, 15) is 18.8 Å². The number of para-hydroxylation sites is 1. The third kappa shape index (κ3) is 4.34. The van der Waals surface area contributed by atoms with Gasteiger partial charge < -0.3 is 5.32 Å². The summed E-state index contributed by atoms with van der Waals surface area (Å²) in [5.41, 5.74) is 2.85. The number of hydrogen-bond acceptors (Lipinski definition) is 3. The topological polar surface area (TPSA) is 87.2 Å². The molecule has 5 rings (SSSR count). The molecule has 1 aliphatic heterocycles. The Hall–Kier alpha value is -4.43. The van der Waals surface area contributed by atoms with Crippen molar-refractivity contribution in [1.29, 1.82) is 0 Å². The van der Waals surface area contributed by atoms with E-state index in [1.165, 1.54) is 29.0 Å². The molecule has 0 atom stereocenters. The van der Waals surface area contributed by atoms with Crippen molar-refractivity contribution in [3.05, 3.63) is 116 Å². The van der Waals surface area contributed by atoms with Crippen molar-refractivity contribution in [3.63, 3.8) is 0 Å². The number of urea groups is 1. The van der Waals surface area contributed by atoms with E-state index < -0.39 is 23.3 Å². The quantitative estimate of drug-likeness (QED) is 0.296. The Morgan fingerprint density at radius 1 is 0.972 bits per heavy atom. The highest BCUT2D eigenvalue weighted by Crippen LogP contribution is 2.26. The van der Waals surface area contributed by atoms with Crippen LogP contribution in [0.5, 0.6) is 0 Å². The maximum Gasteiger partial charge on any atom is 0.329 e. The predicted octanol–water partition coefficient (Wildman–Crippen LogP) is 5.03. The number of nitrogens with one attached hydrogen (secondary N) is 2. The van der Waals surface area contributed by atoms with Gasteiger partial charge in [0.1, 0.15) is 11.5 Å². The second-order valence-corrected chi connectivity index (χ2v) is 8.78. The number of rotatable bonds is 5. The van der Waals surface area contributed by atoms with Gasteiger partial charge in [-0.1, -0.05) is 54.1 Å². The summed E-state index contributed by atoms with van der Waals surface area (Å²) in [7, 11) is 0. The van der Waals surface area contributed by atoms with Gasteiger partial charge >= 0.3 is 6.03 Å². The zero-order chi connectivity index (χ0) is 25.4. The van der Waals surface area contributed by atoms with Gasteiger partial charge in [0.2, 0.25) is 0 Å². The second kappa shape index (κ2) is 9.31. The lowest BCUT2D eigenvalue weighted by atomic mass is 10.1. The van der Waals surface area contributed by atoms with Crippen LogP contribution in [0.15, 0.2) is 83.3 Å². The Balaban J connectivity index is 1.59. The molecular formula is C27H20ClFN4O3. The second-order valence-electron chi connectivity index (χ2n) is 8.34. The molecule has 3 amide bonds. The Morgan fingerprint density at radius 3 is 2.44 bits per heavy atom. The first kappa shape index (κ1) is 23.3. The Bertz CT molecular complexity index is 1590. The van der Waals surface area contributed by atoms with E-state index in [1.807, 2.05) is 25.1 Å². The summed E-state index contributed by atoms with van der Waals surface area (Å²) >= 11 is 6.05. The molecule has 9 heteroatoms. The summed E-state index contributed by atoms with van der Waals surface area (Å²) in [6.45, 7) is 1.78. The van der Waals surface area contributed by atoms with Crippen molar-refractivity contribution >= 4 is 29.6 Å². The van der Waals surface area contributed by atoms with Crippen molar-refractivity contribution < 1.29 is 14.0 Å². The normalized spacial score (nSPS) is 14.5. The van der Waals surface area contributed by atoms with E-state index >= 15 is 0 Å². The van der Waals surface area contributed by atoms with Crippen molar-refractivity contribution in [1.82, 2.24) is 20.0 Å². The zero-order valence-corrected chi connectivity index (χ0v) is 19.8. The highest BCUT2D eigenvalue weighted by atomic mass is 35.5. The largest absolute Gasteiger partial charge is 0.329 e. The SMILES string of the molecule is Cc1ccccc1-n1[nH]c(-c2ccc(Cl)cc2)c(/C=C2\NC(=O)N(Cc3cccc(F)c3)C2=O)c1=O. The lowest BCUT2D eigenvalue weighted by molar-refractivity contribution is -0.123. The van der Waals surface area contributed by atoms with Crippen LogP contribution in [0.25, 0.3) is 23.0 Å². The molecule has 3 aromatic carbocycles. The number of halogens is 2. The number of imide groups is 1. The van der Waals surface area contributed by atoms with Gasteiger partial charge in [-0.3, -0.25) is 19.6 Å². The first-order valence-electron chi connectivity index (χ1n) is 11.1. The Kier molecular flexibility index (Phi) is 6.03. The summed E-state index contributed by atoms with van der Waals surface area (Å²) in [5.74, 6) is -1.08. The number of nitrogens with zero attached hydrogens (tertiary/aromatic N) is 2. The number of hydrogen-bond donors (Lipinski definition) is 2. The molecule has 1 fully saturated rings. The first-order valence-corrected chi connectivity index (χ1v) is 11.5. The standard InChI is InChI=1S/C27H20ClFN4O3/c1-16-5-2-3-8-23(16)33-25(34)21(24(31-33)18-9-11-19(28)12-10-18)14-22-26(35)32(27(36)30-22)15-17-6-4-7-20(29)13-17/h2-14,31H,15H2,1H3,(H,30,36)/b22-14-. The molecule has 1 aliphatic rings. The molecule has 36 heavy (non-hydrogen) atoms. The molecule has 0 spiro atoms. The third-order valence-corrected chi connectivity index (χ3v) is 6.15. The average Bonchev–Trinajstić information content (AvgIpc) is 3.31. The fraction of sp³-hybridized carbons (Fsp3) is 0.0741. The highest BCUT2D eigenvalue weighted by Gasteiger charge is 2.34. The van der Waals surface area contributed by atoms with E-state index in [-0.39, 0.29) is 17.8 Å². The minimum absolute atomic E-state index is 0.0559. The van der Waals surface area contributed by atoms with Gasteiger partial charge in [0.15, 0.2) is 0 Å². The maximum absolute atomic E-state index is 13.6. The van der Waals surface area contributed by atoms with Crippen LogP contribution in [0.2, 0.25) is 5.02 Å². The van der Waals surface area contributed by atoms with Gasteiger partial charge in [0, 0.05) is 10.6 Å². The van der Waals surface area contributed by atoms with Gasteiger partial charge in [-0.05, 0) is 54.5 Å². The summed E-state index contributed by atoms with van der Waals surface area (Å²) in [5, 5.41) is 6.20. The summed E-state index contributed by atoms with van der Waals surface area (Å²) in [6.07, 6.45) is 1.36. The number of H-pyrrole nitrogens is 1. The van der Waals surface area contributed by atoms with E-state index in [1.54, 1.807) is 36.4 Å². The van der Waals surface area contributed by atoms with Gasteiger partial charge in [-0.15, -0.1) is 0 Å². The summed E-state index contributed by atoms with van der Waals surface area (Å²) in [4.78, 5) is 40.2. The fourth-order valence-corrected chi connectivity index (χ4v) is 4.21. The van der Waals surface area contributed by atoms with Gasteiger partial charge in [0.25, 0.3) is 11.5 Å². The number of aromatic nitrogens is 2. The van der Waals surface area contributed by atoms with Crippen LogP contribution in [-0.4, -0.2) is 26.6 Å². The maximum atomic E-state index is 13.6. The fourth-order valence-electron chi connectivity index (χ4n) is 4.08. The number of amides is 3. The highest BCUT2D eigenvalue weighted by molar-refractivity contribution is 6.30. The summed E-state index contributed by atoms with van der Waals surface area (Å²) < 4.78 is 15.0. The van der Waals surface area contributed by atoms with Crippen LogP contribution in [0.1, 0.15) is 16.7 Å². The molecule has 1 aromatic heterocycles. The predicted molar refractivity (Wildman–Crippen MR) is 135 cm³/mol. The van der Waals surface area contributed by atoms with Crippen molar-refractivity contribution in [2.75, 3.05) is 0 Å². The molecule has 0 aliphatic carbocycles. The van der Waals surface area contributed by atoms with Crippen molar-refractivity contribution in [2.24, 2.45) is 0 Å². The van der Waals surface area contributed by atoms with Crippen LogP contribution < -0.4 is 10.9 Å². The molecule has 180 valence electrons. The number of aromatic amines is 1. The molecule has 7 nitrogen and oxygen atoms in total. The lowest BCUT2D eigenvalue weighted by Crippen LogP contribution is -2.30. The third-order valence-electron chi connectivity index (χ3n) is 5.90. The van der Waals surface area contributed by atoms with Crippen LogP contribution in [0.3, 0.4) is 0 Å². The monoisotopic (exact) mass is 502 g/mol. The van der Waals surface area contributed by atoms with E-state index in [0.717, 1.165) is 10.5 Å². The van der Waals surface area contributed by atoms with Crippen molar-refractivity contribution in [3.8, 4) is 16.9 Å². The molecule has 0 bridgehead atoms. The molecular weight excluding hydrogens is 483 g/mol. The molecule has 0 saturated carbocycles. The Morgan fingerprint density at radius 2 is 1.72 bits per heavy atom. The van der Waals surface area contributed by atoms with Gasteiger partial charge in [-0.2, -0.15) is 0 Å². The lowest BCUT2D eigenvalue weighted by Gasteiger charge is -2.11. The van der Waals surface area contributed by atoms with E-state index in [0.29, 0.717) is 27.5 Å². The van der Waals surface area contributed by atoms with Crippen LogP contribution in [0, 0.1) is 12.7 Å². The number of benzene rings is 3. The van der Waals surface area contributed by atoms with Crippen molar-refractivity contribution in [2.45, 2.75) is 13.5 Å². The van der Waals surface area contributed by atoms with Crippen LogP contribution in [0.4, 0.5) is 9.18 Å². The summed E-state index contributed by atoms with van der Waals surface area (Å²) in [6, 6.07) is 19.3. The van der Waals surface area contributed by atoms with E-state index in [2.05, 4.69) is 10.4 Å². The minimum atomic E-state index is -0.654. The molecule has 1 saturated heterocycles. The number of carbonyl (C=O) groups is 2. The van der Waals surface area contributed by atoms with Gasteiger partial charge in [-0.25, -0.2) is 13.9 Å². The first-order chi connectivity index (χ1) is 17.3. The molecule has 4 aromatic rings. The molecule has 2 N–H and O–H groups in total.